The highest BCUT2D eigenvalue weighted by atomic mass is 15.0. The molecule has 0 radical (unpaired) electrons. The van der Waals surface area contributed by atoms with Crippen LogP contribution in [0, 0.1) is 90.9 Å². The van der Waals surface area contributed by atoms with Crippen LogP contribution in [0.2, 0.25) is 0 Å². The summed E-state index contributed by atoms with van der Waals surface area (Å²) in [5.74, 6) is 0.0476. The van der Waals surface area contributed by atoms with Gasteiger partial charge in [-0.05, 0) is 185 Å². The highest BCUT2D eigenvalue weighted by molar-refractivity contribution is 6.43. The zero-order valence-corrected chi connectivity index (χ0v) is 67.7. The van der Waals surface area contributed by atoms with Crippen molar-refractivity contribution < 1.29 is 0 Å². The van der Waals surface area contributed by atoms with Gasteiger partial charge in [-0.25, -0.2) is 0 Å². The van der Waals surface area contributed by atoms with E-state index in [9.17, 15) is 5.26 Å². The van der Waals surface area contributed by atoms with E-state index in [2.05, 4.69) is 186 Å². The monoisotopic (exact) mass is 1620 g/mol. The minimum absolute atomic E-state index is 0.0205. The number of benzene rings is 18. The third-order valence-electron chi connectivity index (χ3n) is 24.1. The lowest BCUT2D eigenvalue weighted by Gasteiger charge is -2.21. The summed E-state index contributed by atoms with van der Waals surface area (Å²) >= 11 is 0. The Bertz CT molecular complexity index is 9270. The zero-order chi connectivity index (χ0) is 87.7. The van der Waals surface area contributed by atoms with E-state index in [1.54, 1.807) is 30.7 Å². The number of fused-ring (bicyclic) bond motifs is 36. The largest absolute Gasteiger partial charge is 0.370 e. The molecule has 17 nitrogen and oxygen atoms in total. The second-order valence-corrected chi connectivity index (χ2v) is 30.4. The van der Waals surface area contributed by atoms with Crippen LogP contribution in [0.1, 0.15) is 16.7 Å². The van der Waals surface area contributed by atoms with E-state index in [-0.39, 0.29) is 51.3 Å². The molecule has 23 aromatic rings. The van der Waals surface area contributed by atoms with Gasteiger partial charge >= 0.3 is 0 Å². The molecule has 0 atom stereocenters. The average Bonchev–Trinajstić information content (AvgIpc) is 0.711. The lowest BCUT2D eigenvalue weighted by Crippen LogP contribution is -1.97. The van der Waals surface area contributed by atoms with Crippen LogP contribution in [-0.2, 0) is 0 Å². The van der Waals surface area contributed by atoms with Crippen LogP contribution in [0.4, 0.5) is 57.1 Å². The van der Waals surface area contributed by atoms with E-state index in [1.807, 2.05) is 153 Å². The summed E-state index contributed by atoms with van der Waals surface area (Å²) in [5, 5.41) is 37.3. The van der Waals surface area contributed by atoms with Gasteiger partial charge in [0, 0.05) is 62.5 Å². The Morgan fingerprint density at radius 1 is 0.234 bits per heavy atom. The molecule has 0 amide bonds. The summed E-state index contributed by atoms with van der Waals surface area (Å²) in [6, 6.07) is 88.7. The van der Waals surface area contributed by atoms with E-state index in [4.69, 9.17) is 80.7 Å². The number of pyridine rings is 4. The van der Waals surface area contributed by atoms with Crippen molar-refractivity contribution in [2.75, 3.05) is 0 Å². The smallest absolute Gasteiger partial charge is 0.294 e. The molecule has 18 aromatic carbocycles. The van der Waals surface area contributed by atoms with Gasteiger partial charge in [0.05, 0.1) is 91.7 Å². The van der Waals surface area contributed by atoms with Crippen molar-refractivity contribution in [2.24, 2.45) is 0 Å². The van der Waals surface area contributed by atoms with Gasteiger partial charge in [0.25, 0.3) is 11.6 Å². The number of nitrogens with zero attached hydrogens (tertiary/aromatic N) is 17. The fraction of sp³-hybridized carbons (Fsp3) is 0.0180. The standard InChI is InChI=1S/C31H17N5.C28H12N4.C27H13N3.C25H11N5/c1-18-11-6-7-12-20(18)21-13-8-9-14-22(21)25-19(2)28-23(15-10-16-36-28)26-24(17-32)29(33-3)31(35-5)30(34-4)27(25)26;1-29-22-15-21-20-13-8-14-32-26(20)24-19-12-7-5-10-17(19)16-9-4-6-11-18(16)23(24)25(21)28(31-3)27(22)30-2;1-28-23-14-21-20-12-7-13-30-27(20)26-19-11-6-4-9-17(19)16-8-3-5-10-18(16)25(26)22(21)15-24(23)29-2;1-26-24-25(27-2)30-23-20-17-11-6-4-9-15(17)14-8-3-5-10-16(14)19(20)21-18(22(23)29-24)12-7-13-28-21/h6-16H,1-2H3;4-15H;3-15H;3-13H. The summed E-state index contributed by atoms with van der Waals surface area (Å²) in [6.45, 7) is 80.9. The van der Waals surface area contributed by atoms with E-state index < -0.39 is 0 Å². The average molecular weight is 1620 g/mol. The van der Waals surface area contributed by atoms with Gasteiger partial charge < -0.3 is 9.69 Å². The van der Waals surface area contributed by atoms with Gasteiger partial charge in [-0.15, -0.1) is 9.97 Å². The number of aromatic nitrogens is 6. The first-order valence-corrected chi connectivity index (χ1v) is 40.2. The zero-order valence-electron chi connectivity index (χ0n) is 67.7. The Balaban J connectivity index is 0.000000107. The molecule has 0 N–H and O–H groups in total. The normalized spacial score (nSPS) is 11.0. The van der Waals surface area contributed by atoms with Crippen molar-refractivity contribution in [2.45, 2.75) is 13.8 Å². The first-order chi connectivity index (χ1) is 63.0. The first kappa shape index (κ1) is 77.1. The number of rotatable bonds is 2. The van der Waals surface area contributed by atoms with Gasteiger partial charge in [0.15, 0.2) is 28.4 Å². The van der Waals surface area contributed by atoms with Crippen molar-refractivity contribution in [3.05, 3.63) is 417 Å². The maximum atomic E-state index is 10.2. The molecule has 23 rings (SSSR count). The third kappa shape index (κ3) is 11.7. The molecule has 0 bridgehead atoms. The maximum absolute atomic E-state index is 10.2. The molecule has 0 aliphatic heterocycles. The maximum Gasteiger partial charge on any atom is 0.294 e. The van der Waals surface area contributed by atoms with Gasteiger partial charge in [-0.2, -0.15) is 5.26 Å². The van der Waals surface area contributed by atoms with E-state index in [1.165, 1.54) is 10.8 Å². The number of hydrogen-bond donors (Lipinski definition) is 0. The van der Waals surface area contributed by atoms with Crippen molar-refractivity contribution in [3.8, 4) is 28.3 Å². The molecule has 5 aromatic heterocycles. The predicted molar refractivity (Wildman–Crippen MR) is 518 cm³/mol. The Morgan fingerprint density at radius 3 is 1.05 bits per heavy atom. The van der Waals surface area contributed by atoms with Gasteiger partial charge in [0.1, 0.15) is 0 Å². The van der Waals surface area contributed by atoms with Crippen LogP contribution in [0.5, 0.6) is 0 Å². The summed E-state index contributed by atoms with van der Waals surface area (Å²) in [4.78, 5) is 64.1. The molecular formula is C111H53N17. The fourth-order valence-corrected chi connectivity index (χ4v) is 18.9. The molecule has 582 valence electrons. The lowest BCUT2D eigenvalue weighted by atomic mass is 9.83. The summed E-state index contributed by atoms with van der Waals surface area (Å²) in [5.41, 5.74) is 11.5. The minimum atomic E-state index is -0.0851. The number of aryl methyl sites for hydroxylation is 2. The van der Waals surface area contributed by atoms with E-state index in [0.717, 1.165) is 174 Å². The molecule has 128 heavy (non-hydrogen) atoms. The molecular weight excluding hydrogens is 1570 g/mol. The fourth-order valence-electron chi connectivity index (χ4n) is 18.9. The molecule has 0 saturated carbocycles. The molecule has 0 fully saturated rings. The topological polar surface area (TPSA) is 145 Å². The molecule has 17 heteroatoms. The first-order valence-electron chi connectivity index (χ1n) is 40.2. The molecule has 5 heterocycles. The highest BCUT2D eigenvalue weighted by Gasteiger charge is 2.30. The van der Waals surface area contributed by atoms with Crippen LogP contribution in [0.15, 0.2) is 286 Å². The van der Waals surface area contributed by atoms with Crippen LogP contribution in [0.3, 0.4) is 0 Å². The molecule has 0 saturated heterocycles. The molecule has 0 aliphatic rings. The minimum Gasteiger partial charge on any atom is -0.370 e. The second kappa shape index (κ2) is 31.2. The van der Waals surface area contributed by atoms with E-state index >= 15 is 0 Å². The second-order valence-electron chi connectivity index (χ2n) is 30.4. The van der Waals surface area contributed by atoms with Crippen molar-refractivity contribution in [1.82, 2.24) is 29.9 Å². The van der Waals surface area contributed by atoms with Gasteiger partial charge in [-0.3, -0.25) is 58.7 Å². The summed E-state index contributed by atoms with van der Waals surface area (Å²) < 4.78 is 0. The van der Waals surface area contributed by atoms with Crippen molar-refractivity contribution in [3.63, 3.8) is 0 Å². The highest BCUT2D eigenvalue weighted by Crippen LogP contribution is 2.57. The lowest BCUT2D eigenvalue weighted by molar-refractivity contribution is 1.35. The summed E-state index contributed by atoms with van der Waals surface area (Å²) in [6.07, 6.45) is 7.06. The molecule has 0 unspecified atom stereocenters. The van der Waals surface area contributed by atoms with Gasteiger partial charge in [-0.1, -0.05) is 244 Å². The Labute approximate surface area is 730 Å². The Morgan fingerprint density at radius 2 is 0.578 bits per heavy atom. The van der Waals surface area contributed by atoms with Gasteiger partial charge in [0.2, 0.25) is 28.1 Å². The van der Waals surface area contributed by atoms with E-state index in [0.29, 0.717) is 44.1 Å². The Kier molecular flexibility index (Phi) is 18.8. The van der Waals surface area contributed by atoms with Crippen LogP contribution >= 0.6 is 0 Å². The van der Waals surface area contributed by atoms with Crippen LogP contribution in [-0.4, -0.2) is 29.9 Å². The SMILES string of the molecule is [C-]#[N+]c1c([N+]#[C-])c(C#N)c2c(c1[N+]#[C-])c(-c1ccccc1-c1ccccc1C)c(C)c1ncccc12.[C-]#[N+]c1cc2c3cccnc3c3c4ccccc4c4ccccc4c3c2c([N+]#[C-])c1[N+]#[C-].[C-]#[N+]c1cc2c3cccnc3c3c4ccccc4c4ccccc4c3c2cc1[N+]#[C-].[C-]#[N+]c1nc2c3cccnc3c3c4ccccc4c4ccccc4c3c2nc1[N+]#[C-]. The quantitative estimate of drug-likeness (QED) is 0.124. The Hall–Kier alpha value is -19.6. The summed E-state index contributed by atoms with van der Waals surface area (Å²) in [7, 11) is 0. The third-order valence-corrected chi connectivity index (χ3v) is 24.1. The van der Waals surface area contributed by atoms with Crippen LogP contribution < -0.4 is 0 Å². The predicted octanol–water partition coefficient (Wildman–Crippen LogP) is 32.1. The molecule has 0 spiro atoms. The number of nitriles is 1. The number of hydrogen-bond acceptors (Lipinski definition) is 7. The molecule has 0 aliphatic carbocycles. The van der Waals surface area contributed by atoms with Crippen LogP contribution in [0.25, 0.3) is 255 Å². The van der Waals surface area contributed by atoms with Crippen molar-refractivity contribution >= 4 is 241 Å². The van der Waals surface area contributed by atoms with Crippen molar-refractivity contribution in [1.29, 1.82) is 5.26 Å².